The third-order valence-corrected chi connectivity index (χ3v) is 5.29. The second-order valence-corrected chi connectivity index (χ2v) is 7.32. The molecule has 0 N–H and O–H groups in total. The van der Waals surface area contributed by atoms with Crippen LogP contribution in [-0.4, -0.2) is 29.9 Å². The fourth-order valence-electron chi connectivity index (χ4n) is 3.75. The molecule has 1 aliphatic carbocycles. The minimum atomic E-state index is -0.118. The van der Waals surface area contributed by atoms with Gasteiger partial charge < -0.3 is 9.64 Å². The van der Waals surface area contributed by atoms with E-state index in [4.69, 9.17) is 4.74 Å². The quantitative estimate of drug-likeness (QED) is 0.751. The largest absolute Gasteiger partial charge is 0.465 e. The summed E-state index contributed by atoms with van der Waals surface area (Å²) in [6.07, 6.45) is 1.33. The summed E-state index contributed by atoms with van der Waals surface area (Å²) in [4.78, 5) is 26.3. The Kier molecular flexibility index (Phi) is 4.74. The van der Waals surface area contributed by atoms with E-state index in [1.807, 2.05) is 53.4 Å². The van der Waals surface area contributed by atoms with Gasteiger partial charge in [0.15, 0.2) is 0 Å². The van der Waals surface area contributed by atoms with Gasteiger partial charge in [-0.15, -0.1) is 0 Å². The van der Waals surface area contributed by atoms with Crippen molar-refractivity contribution in [2.75, 3.05) is 13.2 Å². The third kappa shape index (κ3) is 3.79. The summed E-state index contributed by atoms with van der Waals surface area (Å²) in [6, 6.07) is 20.1. The van der Waals surface area contributed by atoms with Crippen molar-refractivity contribution in [3.05, 3.63) is 71.8 Å². The van der Waals surface area contributed by atoms with E-state index < -0.39 is 0 Å². The van der Waals surface area contributed by atoms with E-state index in [9.17, 15) is 9.59 Å². The molecular weight excluding hydrogens is 326 g/mol. The van der Waals surface area contributed by atoms with Gasteiger partial charge in [0, 0.05) is 25.4 Å². The molecule has 2 aliphatic rings. The second kappa shape index (κ2) is 7.32. The molecule has 4 nitrogen and oxygen atoms in total. The summed E-state index contributed by atoms with van der Waals surface area (Å²) in [7, 11) is 0. The van der Waals surface area contributed by atoms with Crippen molar-refractivity contribution < 1.29 is 14.3 Å². The first-order valence-electron chi connectivity index (χ1n) is 9.24. The number of rotatable bonds is 6. The fraction of sp³-hybridized carbons (Fsp3) is 0.364. The molecule has 1 saturated carbocycles. The Balaban J connectivity index is 1.24. The van der Waals surface area contributed by atoms with Crippen molar-refractivity contribution in [3.8, 4) is 0 Å². The molecule has 0 unspecified atom stereocenters. The normalized spacial score (nSPS) is 24.5. The number of hydrogen-bond donors (Lipinski definition) is 0. The number of carbonyl (C=O) groups excluding carboxylic acids is 2. The number of carbonyl (C=O) groups is 2. The summed E-state index contributed by atoms with van der Waals surface area (Å²) in [5.41, 5.74) is 2.33. The van der Waals surface area contributed by atoms with Gasteiger partial charge in [-0.2, -0.15) is 0 Å². The molecule has 2 fully saturated rings. The monoisotopic (exact) mass is 349 g/mol. The Hall–Kier alpha value is -2.62. The predicted octanol–water partition coefficient (Wildman–Crippen LogP) is 3.38. The van der Waals surface area contributed by atoms with Crippen LogP contribution in [0.3, 0.4) is 0 Å². The van der Waals surface area contributed by atoms with Crippen molar-refractivity contribution in [2.45, 2.75) is 25.3 Å². The van der Waals surface area contributed by atoms with E-state index in [2.05, 4.69) is 12.1 Å². The summed E-state index contributed by atoms with van der Waals surface area (Å²) in [5.74, 6) is 0.402. The van der Waals surface area contributed by atoms with Crippen LogP contribution >= 0.6 is 0 Å². The molecule has 0 radical (unpaired) electrons. The van der Waals surface area contributed by atoms with E-state index in [1.54, 1.807) is 0 Å². The Morgan fingerprint density at radius 3 is 2.46 bits per heavy atom. The lowest BCUT2D eigenvalue weighted by Gasteiger charge is -2.16. The van der Waals surface area contributed by atoms with Crippen LogP contribution < -0.4 is 0 Å². The SMILES string of the molecule is O=C(OC[C@@H]1CC(=O)N(Cc2ccccc2)C1)[C@H]1C[C@@H]1c1ccccc1. The lowest BCUT2D eigenvalue weighted by Crippen LogP contribution is -2.25. The first-order chi connectivity index (χ1) is 12.7. The zero-order chi connectivity index (χ0) is 17.9. The van der Waals surface area contributed by atoms with Crippen molar-refractivity contribution in [1.29, 1.82) is 0 Å². The summed E-state index contributed by atoms with van der Waals surface area (Å²) in [5, 5.41) is 0. The van der Waals surface area contributed by atoms with Gasteiger partial charge in [-0.05, 0) is 23.5 Å². The summed E-state index contributed by atoms with van der Waals surface area (Å²) < 4.78 is 5.53. The molecule has 1 heterocycles. The van der Waals surface area contributed by atoms with E-state index >= 15 is 0 Å². The van der Waals surface area contributed by atoms with Gasteiger partial charge >= 0.3 is 5.97 Å². The molecule has 2 aromatic carbocycles. The van der Waals surface area contributed by atoms with Crippen LogP contribution in [0.2, 0.25) is 0 Å². The summed E-state index contributed by atoms with van der Waals surface area (Å²) in [6.45, 7) is 1.63. The van der Waals surface area contributed by atoms with Crippen molar-refractivity contribution >= 4 is 11.9 Å². The Labute approximate surface area is 153 Å². The Bertz CT molecular complexity index is 774. The van der Waals surface area contributed by atoms with Crippen LogP contribution in [0.4, 0.5) is 0 Å². The number of amides is 1. The molecule has 0 aromatic heterocycles. The zero-order valence-corrected chi connectivity index (χ0v) is 14.7. The van der Waals surface area contributed by atoms with Crippen LogP contribution in [0, 0.1) is 11.8 Å². The maximum Gasteiger partial charge on any atom is 0.309 e. The first kappa shape index (κ1) is 16.8. The van der Waals surface area contributed by atoms with Crippen molar-refractivity contribution in [3.63, 3.8) is 0 Å². The van der Waals surface area contributed by atoms with Crippen LogP contribution in [0.1, 0.15) is 29.9 Å². The topological polar surface area (TPSA) is 46.6 Å². The molecular formula is C22H23NO3. The lowest BCUT2D eigenvalue weighted by molar-refractivity contribution is -0.146. The molecule has 134 valence electrons. The number of benzene rings is 2. The molecule has 3 atom stereocenters. The van der Waals surface area contributed by atoms with Crippen molar-refractivity contribution in [2.24, 2.45) is 11.8 Å². The van der Waals surface area contributed by atoms with Gasteiger partial charge in [0.2, 0.25) is 5.91 Å². The minimum Gasteiger partial charge on any atom is -0.465 e. The third-order valence-electron chi connectivity index (χ3n) is 5.29. The summed E-state index contributed by atoms with van der Waals surface area (Å²) >= 11 is 0. The highest BCUT2D eigenvalue weighted by molar-refractivity contribution is 5.79. The average molecular weight is 349 g/mol. The smallest absolute Gasteiger partial charge is 0.309 e. The lowest BCUT2D eigenvalue weighted by atomic mass is 10.1. The number of nitrogens with zero attached hydrogens (tertiary/aromatic N) is 1. The maximum absolute atomic E-state index is 12.3. The van der Waals surface area contributed by atoms with Crippen molar-refractivity contribution in [1.82, 2.24) is 4.90 Å². The van der Waals surface area contributed by atoms with Crippen LogP contribution in [0.25, 0.3) is 0 Å². The average Bonchev–Trinajstić information content (AvgIpc) is 3.40. The van der Waals surface area contributed by atoms with Crippen LogP contribution in [0.5, 0.6) is 0 Å². The second-order valence-electron chi connectivity index (χ2n) is 7.32. The molecule has 1 saturated heterocycles. The standard InChI is InChI=1S/C22H23NO3/c24-21-11-17(14-23(21)13-16-7-3-1-4-8-16)15-26-22(25)20-12-19(20)18-9-5-2-6-10-18/h1-10,17,19-20H,11-15H2/t17-,19-,20+/m1/s1. The highest BCUT2D eigenvalue weighted by Gasteiger charge is 2.45. The van der Waals surface area contributed by atoms with Gasteiger partial charge in [0.25, 0.3) is 0 Å². The van der Waals surface area contributed by atoms with Gasteiger partial charge in [-0.25, -0.2) is 0 Å². The van der Waals surface area contributed by atoms with E-state index in [-0.39, 0.29) is 23.7 Å². The molecule has 1 amide bonds. The molecule has 0 spiro atoms. The van der Waals surface area contributed by atoms with E-state index in [0.29, 0.717) is 32.0 Å². The van der Waals surface area contributed by atoms with Gasteiger partial charge in [-0.3, -0.25) is 9.59 Å². The van der Waals surface area contributed by atoms with Gasteiger partial charge in [0.1, 0.15) is 0 Å². The van der Waals surface area contributed by atoms with Gasteiger partial charge in [0.05, 0.1) is 12.5 Å². The number of likely N-dealkylation sites (tertiary alicyclic amines) is 1. The maximum atomic E-state index is 12.3. The number of ether oxygens (including phenoxy) is 1. The Morgan fingerprint density at radius 1 is 1.04 bits per heavy atom. The fourth-order valence-corrected chi connectivity index (χ4v) is 3.75. The van der Waals surface area contributed by atoms with E-state index in [1.165, 1.54) is 5.56 Å². The minimum absolute atomic E-state index is 0.0186. The molecule has 1 aliphatic heterocycles. The molecule has 2 aromatic rings. The van der Waals surface area contributed by atoms with Gasteiger partial charge in [-0.1, -0.05) is 60.7 Å². The molecule has 4 heteroatoms. The molecule has 26 heavy (non-hydrogen) atoms. The van der Waals surface area contributed by atoms with Crippen LogP contribution in [-0.2, 0) is 20.9 Å². The molecule has 4 rings (SSSR count). The first-order valence-corrected chi connectivity index (χ1v) is 9.24. The highest BCUT2D eigenvalue weighted by atomic mass is 16.5. The molecule has 0 bridgehead atoms. The number of esters is 1. The van der Waals surface area contributed by atoms with Crippen LogP contribution in [0.15, 0.2) is 60.7 Å². The predicted molar refractivity (Wildman–Crippen MR) is 98.2 cm³/mol. The highest BCUT2D eigenvalue weighted by Crippen LogP contribution is 2.48. The van der Waals surface area contributed by atoms with E-state index in [0.717, 1.165) is 12.0 Å². The number of hydrogen-bond acceptors (Lipinski definition) is 3. The zero-order valence-electron chi connectivity index (χ0n) is 14.7. The Morgan fingerprint density at radius 2 is 1.73 bits per heavy atom.